The molecule has 0 bridgehead atoms. The Hall–Kier alpha value is -1.39. The minimum atomic E-state index is 0.110. The normalized spacial score (nSPS) is 19.8. The number of nitrogens with one attached hydrogen (secondary N) is 2. The van der Waals surface area contributed by atoms with Crippen molar-refractivity contribution >= 4 is 11.6 Å². The third kappa shape index (κ3) is 4.94. The van der Waals surface area contributed by atoms with Gasteiger partial charge in [-0.25, -0.2) is 0 Å². The fourth-order valence-electron chi connectivity index (χ4n) is 2.62. The highest BCUT2D eigenvalue weighted by Gasteiger charge is 2.15. The molecule has 4 nitrogen and oxygen atoms in total. The SMILES string of the molecule is Cc1cccc(NC(=O)CCCN2CCN[C@H](C)C2)c1. The first-order chi connectivity index (χ1) is 9.63. The number of carbonyl (C=O) groups excluding carboxylic acids is 1. The molecule has 0 aromatic heterocycles. The minimum absolute atomic E-state index is 0.110. The van der Waals surface area contributed by atoms with Crippen molar-refractivity contribution in [2.45, 2.75) is 32.7 Å². The standard InChI is InChI=1S/C16H25N3O/c1-13-5-3-6-15(11-13)18-16(20)7-4-9-19-10-8-17-14(2)12-19/h3,5-6,11,14,17H,4,7-10,12H2,1-2H3,(H,18,20)/t14-/m1/s1. The van der Waals surface area contributed by atoms with Gasteiger partial charge in [0.05, 0.1) is 0 Å². The van der Waals surface area contributed by atoms with Gasteiger partial charge in [0.1, 0.15) is 0 Å². The number of amides is 1. The van der Waals surface area contributed by atoms with Gasteiger partial charge >= 0.3 is 0 Å². The summed E-state index contributed by atoms with van der Waals surface area (Å²) in [6.07, 6.45) is 1.51. The molecule has 4 heteroatoms. The fourth-order valence-corrected chi connectivity index (χ4v) is 2.62. The molecule has 1 aliphatic rings. The first-order valence-corrected chi connectivity index (χ1v) is 7.46. The average molecular weight is 275 g/mol. The molecule has 2 rings (SSSR count). The highest BCUT2D eigenvalue weighted by atomic mass is 16.1. The van der Waals surface area contributed by atoms with E-state index in [0.29, 0.717) is 12.5 Å². The predicted molar refractivity (Wildman–Crippen MR) is 82.9 cm³/mol. The van der Waals surface area contributed by atoms with E-state index in [0.717, 1.165) is 43.9 Å². The maximum absolute atomic E-state index is 11.9. The Labute approximate surface area is 121 Å². The van der Waals surface area contributed by atoms with Gasteiger partial charge in [0.25, 0.3) is 0 Å². The van der Waals surface area contributed by atoms with Gasteiger partial charge in [-0.1, -0.05) is 12.1 Å². The summed E-state index contributed by atoms with van der Waals surface area (Å²) in [6.45, 7) is 8.46. The molecular formula is C16H25N3O. The zero-order chi connectivity index (χ0) is 14.4. The summed E-state index contributed by atoms with van der Waals surface area (Å²) in [7, 11) is 0. The second kappa shape index (κ2) is 7.41. The number of nitrogens with zero attached hydrogens (tertiary/aromatic N) is 1. The second-order valence-corrected chi connectivity index (χ2v) is 5.68. The minimum Gasteiger partial charge on any atom is -0.326 e. The van der Waals surface area contributed by atoms with Crippen molar-refractivity contribution in [3.05, 3.63) is 29.8 Å². The second-order valence-electron chi connectivity index (χ2n) is 5.68. The van der Waals surface area contributed by atoms with Gasteiger partial charge in [0.15, 0.2) is 0 Å². The van der Waals surface area contributed by atoms with Crippen molar-refractivity contribution in [2.75, 3.05) is 31.5 Å². The van der Waals surface area contributed by atoms with E-state index in [9.17, 15) is 4.79 Å². The molecule has 1 aromatic rings. The third-order valence-electron chi connectivity index (χ3n) is 3.63. The average Bonchev–Trinajstić information content (AvgIpc) is 2.38. The smallest absolute Gasteiger partial charge is 0.224 e. The molecular weight excluding hydrogens is 250 g/mol. The predicted octanol–water partition coefficient (Wildman–Crippen LogP) is 2.01. The number of hydrogen-bond donors (Lipinski definition) is 2. The van der Waals surface area contributed by atoms with Crippen LogP contribution in [0.4, 0.5) is 5.69 Å². The van der Waals surface area contributed by atoms with Gasteiger partial charge in [0, 0.05) is 37.8 Å². The molecule has 1 aromatic carbocycles. The Morgan fingerprint density at radius 2 is 2.35 bits per heavy atom. The molecule has 1 amide bonds. The summed E-state index contributed by atoms with van der Waals surface area (Å²) < 4.78 is 0. The molecule has 1 atom stereocenters. The molecule has 0 spiro atoms. The van der Waals surface area contributed by atoms with Crippen LogP contribution >= 0.6 is 0 Å². The van der Waals surface area contributed by atoms with E-state index in [2.05, 4.69) is 22.5 Å². The third-order valence-corrected chi connectivity index (χ3v) is 3.63. The van der Waals surface area contributed by atoms with Crippen LogP contribution in [0, 0.1) is 6.92 Å². The zero-order valence-corrected chi connectivity index (χ0v) is 12.5. The molecule has 0 aliphatic carbocycles. The summed E-state index contributed by atoms with van der Waals surface area (Å²) in [6, 6.07) is 8.48. The van der Waals surface area contributed by atoms with Gasteiger partial charge in [-0.05, 0) is 44.5 Å². The Bertz CT molecular complexity index is 447. The zero-order valence-electron chi connectivity index (χ0n) is 12.5. The van der Waals surface area contributed by atoms with Crippen LogP contribution in [0.1, 0.15) is 25.3 Å². The van der Waals surface area contributed by atoms with Gasteiger partial charge in [-0.2, -0.15) is 0 Å². The van der Waals surface area contributed by atoms with Gasteiger partial charge in [-0.3, -0.25) is 4.79 Å². The lowest BCUT2D eigenvalue weighted by molar-refractivity contribution is -0.116. The van der Waals surface area contributed by atoms with Gasteiger partial charge in [0.2, 0.25) is 5.91 Å². The lowest BCUT2D eigenvalue weighted by Crippen LogP contribution is -2.49. The van der Waals surface area contributed by atoms with Crippen molar-refractivity contribution in [3.8, 4) is 0 Å². The van der Waals surface area contributed by atoms with Crippen LogP contribution in [-0.2, 0) is 4.79 Å². The van der Waals surface area contributed by atoms with E-state index in [1.807, 2.05) is 31.2 Å². The monoisotopic (exact) mass is 275 g/mol. The van der Waals surface area contributed by atoms with Gasteiger partial charge < -0.3 is 15.5 Å². The molecule has 1 aliphatic heterocycles. The lowest BCUT2D eigenvalue weighted by Gasteiger charge is -2.31. The number of hydrogen-bond acceptors (Lipinski definition) is 3. The molecule has 2 N–H and O–H groups in total. The maximum atomic E-state index is 11.9. The summed E-state index contributed by atoms with van der Waals surface area (Å²) in [5.74, 6) is 0.110. The Morgan fingerprint density at radius 3 is 3.10 bits per heavy atom. The van der Waals surface area contributed by atoms with E-state index in [4.69, 9.17) is 0 Å². The number of rotatable bonds is 5. The van der Waals surface area contributed by atoms with E-state index in [-0.39, 0.29) is 5.91 Å². The van der Waals surface area contributed by atoms with Crippen molar-refractivity contribution in [3.63, 3.8) is 0 Å². The van der Waals surface area contributed by atoms with Crippen LogP contribution in [0.15, 0.2) is 24.3 Å². The number of anilines is 1. The Morgan fingerprint density at radius 1 is 1.50 bits per heavy atom. The fraction of sp³-hybridized carbons (Fsp3) is 0.562. The quantitative estimate of drug-likeness (QED) is 0.864. The van der Waals surface area contributed by atoms with Crippen LogP contribution in [0.3, 0.4) is 0 Å². The van der Waals surface area contributed by atoms with Crippen molar-refractivity contribution in [1.29, 1.82) is 0 Å². The van der Waals surface area contributed by atoms with Crippen molar-refractivity contribution < 1.29 is 4.79 Å². The van der Waals surface area contributed by atoms with Crippen molar-refractivity contribution in [2.24, 2.45) is 0 Å². The number of benzene rings is 1. The summed E-state index contributed by atoms with van der Waals surface area (Å²) in [5, 5.41) is 6.39. The molecule has 1 saturated heterocycles. The van der Waals surface area contributed by atoms with Crippen molar-refractivity contribution in [1.82, 2.24) is 10.2 Å². The summed E-state index contributed by atoms with van der Waals surface area (Å²) in [4.78, 5) is 14.3. The largest absolute Gasteiger partial charge is 0.326 e. The molecule has 20 heavy (non-hydrogen) atoms. The van der Waals surface area contributed by atoms with E-state index < -0.39 is 0 Å². The summed E-state index contributed by atoms with van der Waals surface area (Å²) >= 11 is 0. The maximum Gasteiger partial charge on any atom is 0.224 e. The molecule has 0 radical (unpaired) electrons. The van der Waals surface area contributed by atoms with Gasteiger partial charge in [-0.15, -0.1) is 0 Å². The van der Waals surface area contributed by atoms with E-state index >= 15 is 0 Å². The molecule has 0 unspecified atom stereocenters. The highest BCUT2D eigenvalue weighted by molar-refractivity contribution is 5.90. The van der Waals surface area contributed by atoms with Crippen LogP contribution in [0.2, 0.25) is 0 Å². The molecule has 110 valence electrons. The number of aryl methyl sites for hydroxylation is 1. The van der Waals surface area contributed by atoms with Crippen LogP contribution in [0.25, 0.3) is 0 Å². The number of piperazine rings is 1. The first-order valence-electron chi connectivity index (χ1n) is 7.46. The summed E-state index contributed by atoms with van der Waals surface area (Å²) in [5.41, 5.74) is 2.06. The Kier molecular flexibility index (Phi) is 5.56. The molecule has 0 saturated carbocycles. The van der Waals surface area contributed by atoms with E-state index in [1.165, 1.54) is 0 Å². The van der Waals surface area contributed by atoms with Crippen LogP contribution in [0.5, 0.6) is 0 Å². The van der Waals surface area contributed by atoms with Crippen LogP contribution < -0.4 is 10.6 Å². The van der Waals surface area contributed by atoms with Crippen LogP contribution in [-0.4, -0.2) is 43.0 Å². The molecule has 1 fully saturated rings. The number of carbonyl (C=O) groups is 1. The lowest BCUT2D eigenvalue weighted by atomic mass is 10.2. The topological polar surface area (TPSA) is 44.4 Å². The Balaban J connectivity index is 1.67. The first kappa shape index (κ1) is 15.0. The molecule has 1 heterocycles. The highest BCUT2D eigenvalue weighted by Crippen LogP contribution is 2.10. The van der Waals surface area contributed by atoms with E-state index in [1.54, 1.807) is 0 Å².